The summed E-state index contributed by atoms with van der Waals surface area (Å²) in [6.07, 6.45) is 6.44. The zero-order valence-electron chi connectivity index (χ0n) is 18.1. The van der Waals surface area contributed by atoms with Crippen LogP contribution in [0.15, 0.2) is 65.1 Å². The molecule has 4 aromatic carbocycles. The highest BCUT2D eigenvalue weighted by atomic mass is 32.1. The topological polar surface area (TPSA) is 13.1 Å². The molecule has 2 heterocycles. The lowest BCUT2D eigenvalue weighted by Gasteiger charge is -2.02. The fourth-order valence-corrected chi connectivity index (χ4v) is 6.23. The average molecular weight is 423 g/mol. The van der Waals surface area contributed by atoms with Crippen LogP contribution in [-0.2, 0) is 6.42 Å². The maximum atomic E-state index is 6.36. The third-order valence-electron chi connectivity index (χ3n) is 6.61. The summed E-state index contributed by atoms with van der Waals surface area (Å²) >= 11 is 1.93. The number of fused-ring (bicyclic) bond motifs is 9. The Morgan fingerprint density at radius 2 is 1.42 bits per heavy atom. The lowest BCUT2D eigenvalue weighted by molar-refractivity contribution is 0.667. The number of benzene rings is 4. The number of hydrogen-bond donors (Lipinski definition) is 0. The van der Waals surface area contributed by atoms with Gasteiger partial charge in [0.05, 0.1) is 0 Å². The summed E-state index contributed by atoms with van der Waals surface area (Å²) in [4.78, 5) is 0. The Morgan fingerprint density at radius 1 is 0.710 bits per heavy atom. The Labute approximate surface area is 186 Å². The van der Waals surface area contributed by atoms with Crippen molar-refractivity contribution in [2.24, 2.45) is 0 Å². The Balaban J connectivity index is 1.52. The van der Waals surface area contributed by atoms with Gasteiger partial charge in [-0.2, -0.15) is 0 Å². The molecule has 0 radical (unpaired) electrons. The maximum Gasteiger partial charge on any atom is 0.143 e. The van der Waals surface area contributed by atoms with E-state index in [1.54, 1.807) is 0 Å². The first-order valence-corrected chi connectivity index (χ1v) is 12.2. The van der Waals surface area contributed by atoms with E-state index in [0.29, 0.717) is 0 Å². The van der Waals surface area contributed by atoms with Crippen LogP contribution in [0.1, 0.15) is 43.7 Å². The lowest BCUT2D eigenvalue weighted by Crippen LogP contribution is -1.85. The zero-order chi connectivity index (χ0) is 20.9. The highest BCUT2D eigenvalue weighted by Crippen LogP contribution is 2.42. The molecule has 0 fully saturated rings. The van der Waals surface area contributed by atoms with E-state index in [1.165, 1.54) is 84.9 Å². The van der Waals surface area contributed by atoms with Crippen molar-refractivity contribution in [1.82, 2.24) is 0 Å². The van der Waals surface area contributed by atoms with Crippen LogP contribution in [0.3, 0.4) is 0 Å². The zero-order valence-corrected chi connectivity index (χ0v) is 18.9. The maximum absolute atomic E-state index is 6.36. The molecular formula is C29H26OS. The molecule has 0 atom stereocenters. The summed E-state index contributed by atoms with van der Waals surface area (Å²) in [5.74, 6) is 0. The molecule has 0 amide bonds. The van der Waals surface area contributed by atoms with Crippen LogP contribution in [0, 0.1) is 6.92 Å². The van der Waals surface area contributed by atoms with Gasteiger partial charge in [0.25, 0.3) is 0 Å². The molecule has 0 aliphatic carbocycles. The molecule has 0 bridgehead atoms. The van der Waals surface area contributed by atoms with Gasteiger partial charge in [-0.1, -0.05) is 62.6 Å². The van der Waals surface area contributed by atoms with E-state index in [2.05, 4.69) is 74.5 Å². The third-order valence-corrected chi connectivity index (χ3v) is 7.81. The minimum absolute atomic E-state index is 0.978. The summed E-state index contributed by atoms with van der Waals surface area (Å²) < 4.78 is 9.13. The quantitative estimate of drug-likeness (QED) is 0.252. The Kier molecular flexibility index (Phi) is 4.50. The van der Waals surface area contributed by atoms with Gasteiger partial charge < -0.3 is 4.42 Å². The molecule has 0 aliphatic rings. The van der Waals surface area contributed by atoms with Crippen LogP contribution in [0.2, 0.25) is 0 Å². The fraction of sp³-hybridized carbons (Fsp3) is 0.241. The number of furan rings is 1. The number of unbranched alkanes of at least 4 members (excludes halogenated alkanes) is 3. The molecule has 6 rings (SSSR count). The van der Waals surface area contributed by atoms with Crippen molar-refractivity contribution in [1.29, 1.82) is 0 Å². The largest absolute Gasteiger partial charge is 0.455 e. The highest BCUT2D eigenvalue weighted by molar-refractivity contribution is 7.26. The van der Waals surface area contributed by atoms with Gasteiger partial charge in [0.15, 0.2) is 0 Å². The van der Waals surface area contributed by atoms with Gasteiger partial charge in [-0.25, -0.2) is 0 Å². The van der Waals surface area contributed by atoms with Crippen molar-refractivity contribution >= 4 is 64.2 Å². The molecule has 0 unspecified atom stereocenters. The van der Waals surface area contributed by atoms with Crippen molar-refractivity contribution in [2.45, 2.75) is 46.0 Å². The van der Waals surface area contributed by atoms with Crippen molar-refractivity contribution in [3.05, 3.63) is 71.8 Å². The standard InChI is InChI=1S/C29H26OS/c1-3-4-5-6-7-19-9-11-21-24-14-13-23-25(29(24)31-27(21)17-19)15-12-22-20-10-8-18(2)16-26(20)30-28(22)23/h8-17H,3-7H2,1-2H3. The summed E-state index contributed by atoms with van der Waals surface area (Å²) in [5, 5.41) is 7.65. The molecule has 6 aromatic rings. The van der Waals surface area contributed by atoms with Crippen molar-refractivity contribution in [3.8, 4) is 0 Å². The molecule has 1 nitrogen and oxygen atoms in total. The lowest BCUT2D eigenvalue weighted by atomic mass is 10.0. The monoisotopic (exact) mass is 422 g/mol. The van der Waals surface area contributed by atoms with Gasteiger partial charge in [-0.3, -0.25) is 0 Å². The molecule has 2 heteroatoms. The van der Waals surface area contributed by atoms with E-state index < -0.39 is 0 Å². The third kappa shape index (κ3) is 3.04. The molecule has 0 saturated carbocycles. The van der Waals surface area contributed by atoms with Gasteiger partial charge in [0.2, 0.25) is 0 Å². The first-order chi connectivity index (χ1) is 15.2. The molecule has 154 valence electrons. The SMILES string of the molecule is CCCCCCc1ccc2c(c1)sc1c2ccc2c1ccc1c3ccc(C)cc3oc12. The fourth-order valence-electron chi connectivity index (χ4n) is 4.94. The van der Waals surface area contributed by atoms with Crippen molar-refractivity contribution in [2.75, 3.05) is 0 Å². The minimum atomic E-state index is 0.978. The van der Waals surface area contributed by atoms with Gasteiger partial charge in [-0.05, 0) is 55.2 Å². The second-order valence-electron chi connectivity index (χ2n) is 8.82. The average Bonchev–Trinajstić information content (AvgIpc) is 3.33. The number of rotatable bonds is 5. The Hall–Kier alpha value is -2.84. The van der Waals surface area contributed by atoms with Gasteiger partial charge >= 0.3 is 0 Å². The van der Waals surface area contributed by atoms with E-state index in [1.807, 2.05) is 11.3 Å². The Bertz CT molecular complexity index is 1580. The minimum Gasteiger partial charge on any atom is -0.455 e. The molecule has 0 saturated heterocycles. The predicted molar refractivity (Wildman–Crippen MR) is 137 cm³/mol. The molecule has 0 spiro atoms. The summed E-state index contributed by atoms with van der Waals surface area (Å²) in [7, 11) is 0. The number of aryl methyl sites for hydroxylation is 2. The molecule has 31 heavy (non-hydrogen) atoms. The van der Waals surface area contributed by atoms with Crippen LogP contribution >= 0.6 is 11.3 Å². The van der Waals surface area contributed by atoms with Gasteiger partial charge in [-0.15, -0.1) is 11.3 Å². The summed E-state index contributed by atoms with van der Waals surface area (Å²) in [6.45, 7) is 4.39. The molecule has 0 N–H and O–H groups in total. The highest BCUT2D eigenvalue weighted by Gasteiger charge is 2.14. The van der Waals surface area contributed by atoms with E-state index >= 15 is 0 Å². The van der Waals surface area contributed by atoms with Crippen LogP contribution in [-0.4, -0.2) is 0 Å². The van der Waals surface area contributed by atoms with Gasteiger partial charge in [0.1, 0.15) is 11.2 Å². The molecule has 0 aliphatic heterocycles. The van der Waals surface area contributed by atoms with Crippen molar-refractivity contribution in [3.63, 3.8) is 0 Å². The first kappa shape index (κ1) is 18.9. The summed E-state index contributed by atoms with van der Waals surface area (Å²) in [5.41, 5.74) is 4.68. The number of hydrogen-bond acceptors (Lipinski definition) is 2. The molecule has 2 aromatic heterocycles. The van der Waals surface area contributed by atoms with E-state index in [-0.39, 0.29) is 0 Å². The van der Waals surface area contributed by atoms with Crippen LogP contribution in [0.5, 0.6) is 0 Å². The summed E-state index contributed by atoms with van der Waals surface area (Å²) in [6, 6.07) is 22.6. The van der Waals surface area contributed by atoms with Crippen molar-refractivity contribution < 1.29 is 4.42 Å². The van der Waals surface area contributed by atoms with Crippen LogP contribution < -0.4 is 0 Å². The Morgan fingerprint density at radius 3 is 2.26 bits per heavy atom. The van der Waals surface area contributed by atoms with E-state index in [0.717, 1.165) is 11.2 Å². The smallest absolute Gasteiger partial charge is 0.143 e. The predicted octanol–water partition coefficient (Wildman–Crippen LogP) is 9.54. The van der Waals surface area contributed by atoms with E-state index in [9.17, 15) is 0 Å². The van der Waals surface area contributed by atoms with Crippen LogP contribution in [0.4, 0.5) is 0 Å². The van der Waals surface area contributed by atoms with Gasteiger partial charge in [0, 0.05) is 41.7 Å². The van der Waals surface area contributed by atoms with E-state index in [4.69, 9.17) is 4.42 Å². The van der Waals surface area contributed by atoms with Crippen LogP contribution in [0.25, 0.3) is 52.9 Å². The second kappa shape index (κ2) is 7.39. The molecular weight excluding hydrogens is 396 g/mol. The first-order valence-electron chi connectivity index (χ1n) is 11.4. The number of thiophene rings is 1. The second-order valence-corrected chi connectivity index (χ2v) is 9.88. The normalized spacial score (nSPS) is 12.2.